The highest BCUT2D eigenvalue weighted by molar-refractivity contribution is 6.07. The highest BCUT2D eigenvalue weighted by atomic mass is 16.6. The Bertz CT molecular complexity index is 655. The average Bonchev–Trinajstić information content (AvgIpc) is 2.41. The van der Waals surface area contributed by atoms with Crippen molar-refractivity contribution in [1.29, 1.82) is 0 Å². The summed E-state index contributed by atoms with van der Waals surface area (Å²) in [4.78, 5) is 46.6. The Balaban J connectivity index is 2.31. The zero-order chi connectivity index (χ0) is 15.7. The molecule has 21 heavy (non-hydrogen) atoms. The number of hydrogen-bond acceptors (Lipinski definition) is 5. The van der Waals surface area contributed by atoms with Crippen LogP contribution in [0.15, 0.2) is 18.2 Å². The van der Waals surface area contributed by atoms with Gasteiger partial charge in [-0.05, 0) is 26.0 Å². The summed E-state index contributed by atoms with van der Waals surface area (Å²) in [6.07, 6.45) is 0. The Morgan fingerprint density at radius 1 is 1.43 bits per heavy atom. The van der Waals surface area contributed by atoms with E-state index in [9.17, 15) is 24.5 Å². The number of carbonyl (C=O) groups excluding carboxylic acids is 3. The van der Waals surface area contributed by atoms with Gasteiger partial charge in [0.1, 0.15) is 12.6 Å². The Labute approximate surface area is 119 Å². The fourth-order valence-corrected chi connectivity index (χ4v) is 2.12. The lowest BCUT2D eigenvalue weighted by Gasteiger charge is -2.31. The van der Waals surface area contributed by atoms with Gasteiger partial charge in [0.25, 0.3) is 11.6 Å². The fraction of sp³-hybridized carbons (Fsp3) is 0.308. The molecule has 1 unspecified atom stereocenters. The van der Waals surface area contributed by atoms with Crippen LogP contribution in [0.25, 0.3) is 0 Å². The molecule has 1 aliphatic heterocycles. The summed E-state index contributed by atoms with van der Waals surface area (Å²) in [7, 11) is 0. The average molecular weight is 291 g/mol. The first-order chi connectivity index (χ1) is 9.81. The summed E-state index contributed by atoms with van der Waals surface area (Å²) in [6, 6.07) is 3.16. The number of piperazine rings is 1. The van der Waals surface area contributed by atoms with E-state index in [1.54, 1.807) is 0 Å². The van der Waals surface area contributed by atoms with E-state index >= 15 is 0 Å². The quantitative estimate of drug-likeness (QED) is 0.481. The first kappa shape index (κ1) is 14.6. The lowest BCUT2D eigenvalue weighted by atomic mass is 10.1. The van der Waals surface area contributed by atoms with E-state index in [-0.39, 0.29) is 17.8 Å². The van der Waals surface area contributed by atoms with Gasteiger partial charge < -0.3 is 4.90 Å². The second kappa shape index (κ2) is 5.31. The molecule has 8 nitrogen and oxygen atoms in total. The van der Waals surface area contributed by atoms with Crippen molar-refractivity contribution in [3.63, 3.8) is 0 Å². The molecule has 1 N–H and O–H groups in total. The van der Waals surface area contributed by atoms with E-state index < -0.39 is 28.7 Å². The number of rotatable bonds is 2. The molecule has 3 amide bonds. The zero-order valence-corrected chi connectivity index (χ0v) is 11.5. The van der Waals surface area contributed by atoms with Gasteiger partial charge in [-0.2, -0.15) is 0 Å². The van der Waals surface area contributed by atoms with Crippen LogP contribution >= 0.6 is 0 Å². The molecule has 1 aromatic rings. The van der Waals surface area contributed by atoms with E-state index in [0.29, 0.717) is 5.56 Å². The number of amides is 3. The van der Waals surface area contributed by atoms with Crippen LogP contribution < -0.4 is 5.32 Å². The highest BCUT2D eigenvalue weighted by Crippen LogP contribution is 2.20. The number of nitro benzene ring substituents is 1. The second-order valence-corrected chi connectivity index (χ2v) is 4.78. The van der Waals surface area contributed by atoms with Crippen molar-refractivity contribution in [2.24, 2.45) is 0 Å². The van der Waals surface area contributed by atoms with Crippen molar-refractivity contribution in [3.8, 4) is 0 Å². The summed E-state index contributed by atoms with van der Waals surface area (Å²) in [5.41, 5.74) is 0.450. The van der Waals surface area contributed by atoms with Gasteiger partial charge in [-0.3, -0.25) is 29.8 Å². The standard InChI is InChI=1S/C13H13N3O5/c1-7-5-9(3-4-10(7)16(20)21)13(19)15-6-11(17)14-12(18)8(15)2/h3-5,8H,6H2,1-2H3,(H,14,17,18). The summed E-state index contributed by atoms with van der Waals surface area (Å²) >= 11 is 0. The smallest absolute Gasteiger partial charge is 0.272 e. The molecular formula is C13H13N3O5. The first-order valence-corrected chi connectivity index (χ1v) is 6.21. The molecule has 0 spiro atoms. The molecule has 1 fully saturated rings. The van der Waals surface area contributed by atoms with E-state index in [1.807, 2.05) is 0 Å². The minimum absolute atomic E-state index is 0.0907. The zero-order valence-electron chi connectivity index (χ0n) is 11.5. The second-order valence-electron chi connectivity index (χ2n) is 4.78. The van der Waals surface area contributed by atoms with Crippen molar-refractivity contribution < 1.29 is 19.3 Å². The number of aryl methyl sites for hydroxylation is 1. The SMILES string of the molecule is Cc1cc(C(=O)N2CC(=O)NC(=O)C2C)ccc1[N+](=O)[O-]. The van der Waals surface area contributed by atoms with Crippen molar-refractivity contribution in [1.82, 2.24) is 10.2 Å². The number of hydrogen-bond donors (Lipinski definition) is 1. The lowest BCUT2D eigenvalue weighted by molar-refractivity contribution is -0.385. The van der Waals surface area contributed by atoms with Gasteiger partial charge >= 0.3 is 0 Å². The molecule has 1 aromatic carbocycles. The van der Waals surface area contributed by atoms with Gasteiger partial charge in [-0.15, -0.1) is 0 Å². The van der Waals surface area contributed by atoms with E-state index in [2.05, 4.69) is 5.32 Å². The van der Waals surface area contributed by atoms with Crippen LogP contribution in [0.2, 0.25) is 0 Å². The van der Waals surface area contributed by atoms with Crippen LogP contribution in [0.5, 0.6) is 0 Å². The van der Waals surface area contributed by atoms with Crippen LogP contribution in [0.3, 0.4) is 0 Å². The molecule has 1 aliphatic rings. The van der Waals surface area contributed by atoms with Gasteiger partial charge in [0, 0.05) is 17.2 Å². The predicted molar refractivity (Wildman–Crippen MR) is 71.5 cm³/mol. The molecule has 2 rings (SSSR count). The molecule has 1 heterocycles. The van der Waals surface area contributed by atoms with Crippen LogP contribution in [0.1, 0.15) is 22.8 Å². The highest BCUT2D eigenvalue weighted by Gasteiger charge is 2.34. The number of nitrogens with zero attached hydrogens (tertiary/aromatic N) is 2. The van der Waals surface area contributed by atoms with Crippen LogP contribution in [-0.4, -0.2) is 40.1 Å². The Morgan fingerprint density at radius 2 is 2.10 bits per heavy atom. The Morgan fingerprint density at radius 3 is 2.67 bits per heavy atom. The summed E-state index contributed by atoms with van der Waals surface area (Å²) in [6.45, 7) is 2.81. The molecule has 0 bridgehead atoms. The minimum atomic E-state index is -0.773. The molecule has 8 heteroatoms. The molecule has 110 valence electrons. The molecule has 0 aliphatic carbocycles. The largest absolute Gasteiger partial charge is 0.318 e. The van der Waals surface area contributed by atoms with E-state index in [0.717, 1.165) is 4.90 Å². The van der Waals surface area contributed by atoms with Crippen molar-refractivity contribution in [2.45, 2.75) is 19.9 Å². The number of nitrogens with one attached hydrogen (secondary N) is 1. The number of nitro groups is 1. The van der Waals surface area contributed by atoms with Crippen LogP contribution in [0, 0.1) is 17.0 Å². The van der Waals surface area contributed by atoms with Gasteiger partial charge in [0.05, 0.1) is 4.92 Å². The summed E-state index contributed by atoms with van der Waals surface area (Å²) < 4.78 is 0. The maximum Gasteiger partial charge on any atom is 0.272 e. The maximum absolute atomic E-state index is 12.4. The van der Waals surface area contributed by atoms with Gasteiger partial charge in [-0.25, -0.2) is 0 Å². The molecule has 1 saturated heterocycles. The molecular weight excluding hydrogens is 278 g/mol. The number of imide groups is 1. The lowest BCUT2D eigenvalue weighted by Crippen LogP contribution is -2.58. The summed E-state index contributed by atoms with van der Waals surface area (Å²) in [5.74, 6) is -1.60. The molecule has 1 atom stereocenters. The summed E-state index contributed by atoms with van der Waals surface area (Å²) in [5, 5.41) is 12.9. The third-order valence-corrected chi connectivity index (χ3v) is 3.32. The van der Waals surface area contributed by atoms with Gasteiger partial charge in [-0.1, -0.05) is 0 Å². The van der Waals surface area contributed by atoms with E-state index in [4.69, 9.17) is 0 Å². The molecule has 0 radical (unpaired) electrons. The van der Waals surface area contributed by atoms with Gasteiger partial charge in [0.2, 0.25) is 11.8 Å². The van der Waals surface area contributed by atoms with Crippen molar-refractivity contribution >= 4 is 23.4 Å². The van der Waals surface area contributed by atoms with Gasteiger partial charge in [0.15, 0.2) is 0 Å². The first-order valence-electron chi connectivity index (χ1n) is 6.21. The van der Waals surface area contributed by atoms with E-state index in [1.165, 1.54) is 32.0 Å². The fourth-order valence-electron chi connectivity index (χ4n) is 2.12. The predicted octanol–water partition coefficient (Wildman–Crippen LogP) is 0.390. The third kappa shape index (κ3) is 2.73. The monoisotopic (exact) mass is 291 g/mol. The van der Waals surface area contributed by atoms with Crippen LogP contribution in [-0.2, 0) is 9.59 Å². The topological polar surface area (TPSA) is 110 Å². The Hall–Kier alpha value is -2.77. The van der Waals surface area contributed by atoms with Crippen molar-refractivity contribution in [3.05, 3.63) is 39.4 Å². The number of carbonyl (C=O) groups is 3. The molecule has 0 saturated carbocycles. The Kier molecular flexibility index (Phi) is 3.70. The molecule has 0 aromatic heterocycles. The maximum atomic E-state index is 12.4. The third-order valence-electron chi connectivity index (χ3n) is 3.32. The number of benzene rings is 1. The van der Waals surface area contributed by atoms with Crippen molar-refractivity contribution in [2.75, 3.05) is 6.54 Å². The van der Waals surface area contributed by atoms with Crippen LogP contribution in [0.4, 0.5) is 5.69 Å². The normalized spacial score (nSPS) is 18.4. The minimum Gasteiger partial charge on any atom is -0.318 e.